The summed E-state index contributed by atoms with van der Waals surface area (Å²) in [6.07, 6.45) is 13.9. The van der Waals surface area contributed by atoms with Crippen molar-refractivity contribution in [1.82, 2.24) is 15.1 Å². The van der Waals surface area contributed by atoms with Crippen molar-refractivity contribution < 1.29 is 14.4 Å². The Morgan fingerprint density at radius 3 is 2.56 bits per heavy atom. The van der Waals surface area contributed by atoms with Gasteiger partial charge in [0.25, 0.3) is 11.8 Å². The number of fused-ring (bicyclic) bond motifs is 1. The Balaban J connectivity index is 1.17. The van der Waals surface area contributed by atoms with Crippen LogP contribution in [-0.4, -0.2) is 59.0 Å². The number of imide groups is 1. The van der Waals surface area contributed by atoms with Gasteiger partial charge in [-0.2, -0.15) is 0 Å². The minimum atomic E-state index is -0.534. The number of benzene rings is 1. The zero-order valence-electron chi connectivity index (χ0n) is 20.5. The van der Waals surface area contributed by atoms with Crippen LogP contribution in [0.15, 0.2) is 23.1 Å². The molecule has 4 rings (SSSR count). The number of thioether (sulfide) groups is 1. The molecule has 1 atom stereocenters. The normalized spacial score (nSPS) is 21.4. The molecule has 1 saturated heterocycles. The second-order valence-electron chi connectivity index (χ2n) is 9.97. The summed E-state index contributed by atoms with van der Waals surface area (Å²) in [4.78, 5) is 41.5. The average molecular weight is 486 g/mol. The van der Waals surface area contributed by atoms with Crippen LogP contribution < -0.4 is 5.32 Å². The topological polar surface area (TPSA) is 69.7 Å². The van der Waals surface area contributed by atoms with Crippen LogP contribution in [-0.2, 0) is 16.1 Å². The number of nitrogens with zero attached hydrogens (tertiary/aromatic N) is 2. The Morgan fingerprint density at radius 2 is 1.74 bits per heavy atom. The lowest BCUT2D eigenvalue weighted by Crippen LogP contribution is -2.53. The molecule has 1 unspecified atom stereocenters. The SMILES string of the molecule is CN1C(=O)CCC(N2Cc3c(SCCCCCCCNC4CCCCC4)cccc3C2=O)C1=O. The van der Waals surface area contributed by atoms with Crippen LogP contribution in [0.1, 0.15) is 93.0 Å². The summed E-state index contributed by atoms with van der Waals surface area (Å²) in [6.45, 7) is 1.62. The molecule has 1 N–H and O–H groups in total. The summed E-state index contributed by atoms with van der Waals surface area (Å²) in [7, 11) is 1.51. The molecule has 3 aliphatic rings. The minimum Gasteiger partial charge on any atom is -0.322 e. The van der Waals surface area contributed by atoms with E-state index in [4.69, 9.17) is 0 Å². The molecule has 3 amide bonds. The van der Waals surface area contributed by atoms with Crippen LogP contribution in [0.4, 0.5) is 0 Å². The Labute approximate surface area is 208 Å². The summed E-state index contributed by atoms with van der Waals surface area (Å²) in [6, 6.07) is 6.13. The number of carbonyl (C=O) groups excluding carboxylic acids is 3. The van der Waals surface area contributed by atoms with Gasteiger partial charge in [-0.25, -0.2) is 0 Å². The first-order valence-corrected chi connectivity index (χ1v) is 14.1. The van der Waals surface area contributed by atoms with Crippen LogP contribution in [0.25, 0.3) is 0 Å². The predicted molar refractivity (Wildman–Crippen MR) is 136 cm³/mol. The van der Waals surface area contributed by atoms with Gasteiger partial charge in [0.2, 0.25) is 5.91 Å². The van der Waals surface area contributed by atoms with Crippen LogP contribution in [0, 0.1) is 0 Å². The summed E-state index contributed by atoms with van der Waals surface area (Å²) in [5, 5.41) is 3.73. The number of hydrogen-bond donors (Lipinski definition) is 1. The number of unbranched alkanes of at least 4 members (excludes halogenated alkanes) is 4. The molecule has 0 radical (unpaired) electrons. The van der Waals surface area contributed by atoms with Crippen LogP contribution >= 0.6 is 11.8 Å². The second kappa shape index (κ2) is 12.2. The quantitative estimate of drug-likeness (QED) is 0.278. The van der Waals surface area contributed by atoms with Gasteiger partial charge >= 0.3 is 0 Å². The number of hydrogen-bond acceptors (Lipinski definition) is 5. The van der Waals surface area contributed by atoms with Crippen LogP contribution in [0.2, 0.25) is 0 Å². The molecule has 6 nitrogen and oxygen atoms in total. The number of nitrogens with one attached hydrogen (secondary N) is 1. The fraction of sp³-hybridized carbons (Fsp3) is 0.667. The lowest BCUT2D eigenvalue weighted by Gasteiger charge is -2.33. The van der Waals surface area contributed by atoms with Gasteiger partial charge < -0.3 is 10.2 Å². The third kappa shape index (κ3) is 6.03. The zero-order chi connectivity index (χ0) is 23.9. The van der Waals surface area contributed by atoms with Gasteiger partial charge in [0.05, 0.1) is 0 Å². The van der Waals surface area contributed by atoms with Crippen molar-refractivity contribution in [3.05, 3.63) is 29.3 Å². The molecule has 1 aromatic carbocycles. The summed E-state index contributed by atoms with van der Waals surface area (Å²) in [5.41, 5.74) is 1.75. The highest BCUT2D eigenvalue weighted by Crippen LogP contribution is 2.35. The van der Waals surface area contributed by atoms with E-state index in [1.807, 2.05) is 23.9 Å². The molecular formula is C27H39N3O3S. The first kappa shape index (κ1) is 25.2. The first-order valence-electron chi connectivity index (χ1n) is 13.2. The molecule has 34 heavy (non-hydrogen) atoms. The summed E-state index contributed by atoms with van der Waals surface area (Å²) in [5.74, 6) is 0.535. The number of likely N-dealkylation sites (tertiary alicyclic amines) is 1. The molecule has 0 bridgehead atoms. The number of piperidine rings is 1. The van der Waals surface area contributed by atoms with Crippen molar-refractivity contribution in [2.45, 2.75) is 101 Å². The summed E-state index contributed by atoms with van der Waals surface area (Å²) < 4.78 is 0. The molecule has 0 spiro atoms. The third-order valence-corrected chi connectivity index (χ3v) is 8.75. The van der Waals surface area contributed by atoms with E-state index in [0.29, 0.717) is 24.9 Å². The predicted octanol–water partition coefficient (Wildman–Crippen LogP) is 4.75. The Kier molecular flexibility index (Phi) is 9.06. The van der Waals surface area contributed by atoms with Gasteiger partial charge in [-0.3, -0.25) is 19.3 Å². The van der Waals surface area contributed by atoms with Crippen molar-refractivity contribution in [3.8, 4) is 0 Å². The minimum absolute atomic E-state index is 0.0830. The van der Waals surface area contributed by atoms with Crippen molar-refractivity contribution in [2.75, 3.05) is 19.3 Å². The van der Waals surface area contributed by atoms with E-state index in [2.05, 4.69) is 11.4 Å². The van der Waals surface area contributed by atoms with Gasteiger partial charge in [-0.05, 0) is 62.1 Å². The van der Waals surface area contributed by atoms with Gasteiger partial charge in [-0.15, -0.1) is 11.8 Å². The van der Waals surface area contributed by atoms with Gasteiger partial charge in [0.15, 0.2) is 0 Å². The van der Waals surface area contributed by atoms with Crippen LogP contribution in [0.3, 0.4) is 0 Å². The Hall–Kier alpha value is -1.86. The highest BCUT2D eigenvalue weighted by molar-refractivity contribution is 7.99. The Morgan fingerprint density at radius 1 is 0.971 bits per heavy atom. The standard InChI is InChI=1S/C27H39N3O3S/c1-29-25(31)16-15-23(27(29)33)30-19-22-21(26(30)32)13-10-14-24(22)34-18-9-4-2-3-8-17-28-20-11-6-5-7-12-20/h10,13-14,20,23,28H,2-9,11-12,15-19H2,1H3. The number of rotatable bonds is 11. The Bertz CT molecular complexity index is 884. The van der Waals surface area contributed by atoms with E-state index in [9.17, 15) is 14.4 Å². The van der Waals surface area contributed by atoms with E-state index in [-0.39, 0.29) is 17.7 Å². The molecule has 2 fully saturated rings. The first-order chi connectivity index (χ1) is 16.6. The number of amides is 3. The van der Waals surface area contributed by atoms with Crippen LogP contribution in [0.5, 0.6) is 0 Å². The molecule has 7 heteroatoms. The molecule has 1 aliphatic carbocycles. The fourth-order valence-corrected chi connectivity index (χ4v) is 6.54. The van der Waals surface area contributed by atoms with E-state index in [1.165, 1.54) is 76.2 Å². The fourth-order valence-electron chi connectivity index (χ4n) is 5.45. The molecule has 186 valence electrons. The monoisotopic (exact) mass is 485 g/mol. The lowest BCUT2D eigenvalue weighted by molar-refractivity contribution is -0.150. The van der Waals surface area contributed by atoms with Crippen molar-refractivity contribution >= 4 is 29.5 Å². The van der Waals surface area contributed by atoms with E-state index in [1.54, 1.807) is 4.90 Å². The van der Waals surface area contributed by atoms with E-state index >= 15 is 0 Å². The zero-order valence-corrected chi connectivity index (χ0v) is 21.3. The molecule has 1 aromatic rings. The molecule has 1 saturated carbocycles. The third-order valence-electron chi connectivity index (χ3n) is 7.57. The van der Waals surface area contributed by atoms with Gasteiger partial charge in [0.1, 0.15) is 6.04 Å². The van der Waals surface area contributed by atoms with Gasteiger partial charge in [-0.1, -0.05) is 44.6 Å². The highest BCUT2D eigenvalue weighted by Gasteiger charge is 2.41. The van der Waals surface area contributed by atoms with Crippen molar-refractivity contribution in [3.63, 3.8) is 0 Å². The maximum atomic E-state index is 13.0. The highest BCUT2D eigenvalue weighted by atomic mass is 32.2. The second-order valence-corrected chi connectivity index (χ2v) is 11.1. The number of carbonyl (C=O) groups is 3. The van der Waals surface area contributed by atoms with Gasteiger partial charge in [0, 0.05) is 36.5 Å². The molecule has 2 aliphatic heterocycles. The smallest absolute Gasteiger partial charge is 0.255 e. The maximum Gasteiger partial charge on any atom is 0.255 e. The van der Waals surface area contributed by atoms with Crippen molar-refractivity contribution in [2.24, 2.45) is 0 Å². The average Bonchev–Trinajstić information content (AvgIpc) is 3.19. The maximum absolute atomic E-state index is 13.0. The lowest BCUT2D eigenvalue weighted by atomic mass is 9.95. The van der Waals surface area contributed by atoms with Crippen molar-refractivity contribution in [1.29, 1.82) is 0 Å². The largest absolute Gasteiger partial charge is 0.322 e. The molecule has 2 heterocycles. The van der Waals surface area contributed by atoms with E-state index < -0.39 is 6.04 Å². The number of likely N-dealkylation sites (N-methyl/N-ethyl adjacent to an activating group) is 1. The molecular weight excluding hydrogens is 446 g/mol. The molecule has 0 aromatic heterocycles. The van der Waals surface area contributed by atoms with E-state index in [0.717, 1.165) is 28.8 Å². The summed E-state index contributed by atoms with van der Waals surface area (Å²) >= 11 is 1.82.